The van der Waals surface area contributed by atoms with E-state index in [1.165, 1.54) is 0 Å². The molecule has 0 bridgehead atoms. The van der Waals surface area contributed by atoms with Crippen molar-refractivity contribution in [2.75, 3.05) is 6.54 Å². The van der Waals surface area contributed by atoms with Crippen LogP contribution in [0.2, 0.25) is 0 Å². The van der Waals surface area contributed by atoms with Gasteiger partial charge in [-0.3, -0.25) is 0 Å². The largest absolute Gasteiger partial charge is 2.00 e. The van der Waals surface area contributed by atoms with Crippen LogP contribution in [0.15, 0.2) is 60.4 Å². The van der Waals surface area contributed by atoms with E-state index in [-0.39, 0.29) is 23.1 Å². The summed E-state index contributed by atoms with van der Waals surface area (Å²) < 4.78 is 0. The summed E-state index contributed by atoms with van der Waals surface area (Å²) in [5, 5.41) is 6.14. The second-order valence-corrected chi connectivity index (χ2v) is 5.25. The molecule has 0 spiro atoms. The van der Waals surface area contributed by atoms with Crippen LogP contribution < -0.4 is 25.7 Å². The summed E-state index contributed by atoms with van der Waals surface area (Å²) >= 11 is 0. The van der Waals surface area contributed by atoms with Crippen molar-refractivity contribution in [1.82, 2.24) is 15.0 Å². The summed E-state index contributed by atoms with van der Waals surface area (Å²) in [5.74, 6) is 0. The Morgan fingerprint density at radius 1 is 0.792 bits per heavy atom. The van der Waals surface area contributed by atoms with Gasteiger partial charge in [-0.25, -0.2) is 0 Å². The van der Waals surface area contributed by atoms with Gasteiger partial charge >= 0.3 is 23.1 Å². The molecule has 0 fully saturated rings. The van der Waals surface area contributed by atoms with Crippen molar-refractivity contribution < 1.29 is 0 Å². The van der Waals surface area contributed by atoms with Gasteiger partial charge in [-0.2, -0.15) is 6.20 Å². The van der Waals surface area contributed by atoms with Crippen molar-refractivity contribution in [2.45, 2.75) is 0 Å². The molecule has 4 nitrogen and oxygen atoms in total. The SMILES string of the molecule is C1=C/C(=C/c2ccc(/C=c3/cc/c(=C/c4ccc[n-]4)[n-]3)[n-]2)[N-]C1.[Mg+2]. The van der Waals surface area contributed by atoms with Gasteiger partial charge in [0.1, 0.15) is 0 Å². The molecule has 0 amide bonds. The average Bonchev–Trinajstić information content (AvgIpc) is 3.31. The summed E-state index contributed by atoms with van der Waals surface area (Å²) in [6, 6.07) is 11.8. The van der Waals surface area contributed by atoms with Crippen molar-refractivity contribution in [3.05, 3.63) is 93.5 Å². The van der Waals surface area contributed by atoms with E-state index in [1.807, 2.05) is 66.8 Å². The minimum Gasteiger partial charge on any atom is -0.681 e. The zero-order valence-electron chi connectivity index (χ0n) is 13.1. The summed E-state index contributed by atoms with van der Waals surface area (Å²) in [6.45, 7) is 0.764. The molecule has 0 unspecified atom stereocenters. The van der Waals surface area contributed by atoms with E-state index in [9.17, 15) is 0 Å². The maximum atomic E-state index is 4.57. The van der Waals surface area contributed by atoms with Gasteiger partial charge in [0.15, 0.2) is 0 Å². The van der Waals surface area contributed by atoms with Gasteiger partial charge in [-0.1, -0.05) is 60.7 Å². The maximum Gasteiger partial charge on any atom is 2.00 e. The molecule has 3 aromatic rings. The minimum absolute atomic E-state index is 0. The van der Waals surface area contributed by atoms with Gasteiger partial charge in [0.05, 0.1) is 0 Å². The number of allylic oxidation sites excluding steroid dienone is 1. The second kappa shape index (κ2) is 7.46. The summed E-state index contributed by atoms with van der Waals surface area (Å²) in [5.41, 5.74) is 3.71. The van der Waals surface area contributed by atoms with Crippen LogP contribution in [0.4, 0.5) is 0 Å². The Morgan fingerprint density at radius 2 is 1.54 bits per heavy atom. The maximum absolute atomic E-state index is 4.57. The molecule has 1 aliphatic heterocycles. The number of aromatic nitrogens is 3. The first-order valence-corrected chi connectivity index (χ1v) is 7.46. The molecule has 0 saturated heterocycles. The van der Waals surface area contributed by atoms with E-state index in [0.29, 0.717) is 0 Å². The quantitative estimate of drug-likeness (QED) is 0.679. The third-order valence-corrected chi connectivity index (χ3v) is 3.50. The minimum atomic E-state index is 0. The molecule has 114 valence electrons. The Kier molecular flexibility index (Phi) is 5.13. The van der Waals surface area contributed by atoms with Crippen LogP contribution in [0.5, 0.6) is 0 Å². The van der Waals surface area contributed by atoms with Crippen molar-refractivity contribution in [1.29, 1.82) is 0 Å². The first-order valence-electron chi connectivity index (χ1n) is 7.46. The van der Waals surface area contributed by atoms with E-state index in [1.54, 1.807) is 6.20 Å². The van der Waals surface area contributed by atoms with Crippen LogP contribution in [-0.4, -0.2) is 29.6 Å². The molecule has 0 radical (unpaired) electrons. The molecule has 3 aromatic heterocycles. The third-order valence-electron chi connectivity index (χ3n) is 3.50. The molecule has 0 atom stereocenters. The molecular weight excluding hydrogens is 309 g/mol. The van der Waals surface area contributed by atoms with E-state index in [4.69, 9.17) is 0 Å². The normalized spacial score (nSPS) is 16.6. The third kappa shape index (κ3) is 3.93. The van der Waals surface area contributed by atoms with Crippen molar-refractivity contribution in [2.24, 2.45) is 0 Å². The molecule has 0 aliphatic carbocycles. The topological polar surface area (TPSA) is 56.4 Å². The number of hydrogen-bond acceptors (Lipinski definition) is 0. The fourth-order valence-corrected chi connectivity index (χ4v) is 2.44. The van der Waals surface area contributed by atoms with Crippen LogP contribution in [-0.2, 0) is 0 Å². The Morgan fingerprint density at radius 3 is 2.21 bits per heavy atom. The van der Waals surface area contributed by atoms with Gasteiger partial charge in [0.25, 0.3) is 0 Å². The van der Waals surface area contributed by atoms with Crippen LogP contribution in [0.25, 0.3) is 23.5 Å². The van der Waals surface area contributed by atoms with Gasteiger partial charge in [-0.05, 0) is 0 Å². The van der Waals surface area contributed by atoms with Crippen LogP contribution in [0, 0.1) is 0 Å². The van der Waals surface area contributed by atoms with E-state index >= 15 is 0 Å². The molecule has 24 heavy (non-hydrogen) atoms. The summed E-state index contributed by atoms with van der Waals surface area (Å²) in [6.07, 6.45) is 11.7. The smallest absolute Gasteiger partial charge is 0.681 e. The first-order chi connectivity index (χ1) is 11.3. The predicted octanol–water partition coefficient (Wildman–Crippen LogP) is 1.12. The van der Waals surface area contributed by atoms with Crippen LogP contribution in [0.3, 0.4) is 0 Å². The van der Waals surface area contributed by atoms with Crippen LogP contribution >= 0.6 is 0 Å². The predicted molar refractivity (Wildman–Crippen MR) is 96.8 cm³/mol. The Bertz CT molecular complexity index is 971. The molecule has 4 heterocycles. The van der Waals surface area contributed by atoms with Crippen molar-refractivity contribution in [3.63, 3.8) is 0 Å². The first kappa shape index (κ1) is 16.5. The molecule has 4 rings (SSSR count). The molecule has 5 heteroatoms. The Hall–Kier alpha value is -2.37. The standard InChI is InChI=1S/C19H14N4.Mg/c1-3-14(20-9-1)11-16-5-7-18(22-16)13-19-8-6-17(23-19)12-15-4-2-10-21-15;/h1-9,11-13H,10H2;/q-4;+2/b15-12-,16-11-,18-13-;. The molecule has 0 N–H and O–H groups in total. The van der Waals surface area contributed by atoms with E-state index in [0.717, 1.165) is 40.0 Å². The van der Waals surface area contributed by atoms with Crippen molar-refractivity contribution in [3.8, 4) is 0 Å². The number of nitrogens with zero attached hydrogens (tertiary/aromatic N) is 4. The van der Waals surface area contributed by atoms with Gasteiger partial charge in [0, 0.05) is 0 Å². The number of hydrogen-bond donors (Lipinski definition) is 0. The summed E-state index contributed by atoms with van der Waals surface area (Å²) in [4.78, 5) is 13.3. The monoisotopic (exact) mass is 322 g/mol. The molecule has 1 aliphatic rings. The second-order valence-electron chi connectivity index (χ2n) is 5.25. The van der Waals surface area contributed by atoms with Gasteiger partial charge in [-0.15, -0.1) is 46.1 Å². The summed E-state index contributed by atoms with van der Waals surface area (Å²) in [7, 11) is 0. The number of rotatable bonds is 3. The van der Waals surface area contributed by atoms with E-state index < -0.39 is 0 Å². The van der Waals surface area contributed by atoms with Crippen LogP contribution in [0.1, 0.15) is 17.1 Å². The Balaban J connectivity index is 0.00000169. The van der Waals surface area contributed by atoms with E-state index in [2.05, 4.69) is 20.3 Å². The zero-order chi connectivity index (χ0) is 15.5. The zero-order valence-corrected chi connectivity index (χ0v) is 14.5. The molecule has 0 saturated carbocycles. The molecular formula is C19H14MgN4-2. The van der Waals surface area contributed by atoms with Crippen molar-refractivity contribution >= 4 is 41.3 Å². The fourth-order valence-electron chi connectivity index (χ4n) is 2.44. The average molecular weight is 323 g/mol. The van der Waals surface area contributed by atoms with Gasteiger partial charge < -0.3 is 20.3 Å². The van der Waals surface area contributed by atoms with Gasteiger partial charge in [0.2, 0.25) is 0 Å². The Labute approximate surface area is 156 Å². The molecule has 0 aromatic carbocycles. The fraction of sp³-hybridized carbons (Fsp3) is 0.0526.